The topological polar surface area (TPSA) is 32.3 Å². The van der Waals surface area contributed by atoms with Crippen LogP contribution >= 0.6 is 31.9 Å². The average Bonchev–Trinajstić information content (AvgIpc) is 2.42. The van der Waals surface area contributed by atoms with E-state index in [9.17, 15) is 13.9 Å². The SMILES string of the molecule is OC(CNc1cc(Br)ccc1Br)c1cc(F)ccc1F. The van der Waals surface area contributed by atoms with Gasteiger partial charge in [0.05, 0.1) is 6.10 Å². The van der Waals surface area contributed by atoms with Crippen LogP contribution in [-0.4, -0.2) is 11.7 Å². The highest BCUT2D eigenvalue weighted by atomic mass is 79.9. The molecular formula is C14H11Br2F2NO. The van der Waals surface area contributed by atoms with E-state index in [1.54, 1.807) is 0 Å². The maximum absolute atomic E-state index is 13.5. The number of rotatable bonds is 4. The van der Waals surface area contributed by atoms with Gasteiger partial charge in [-0.25, -0.2) is 8.78 Å². The second-order valence-electron chi connectivity index (χ2n) is 4.19. The Bertz CT molecular complexity index is 622. The number of hydrogen-bond donors (Lipinski definition) is 2. The van der Waals surface area contributed by atoms with Crippen LogP contribution < -0.4 is 5.32 Å². The molecule has 0 bridgehead atoms. The first-order valence-corrected chi connectivity index (χ1v) is 7.38. The van der Waals surface area contributed by atoms with Gasteiger partial charge in [0.15, 0.2) is 0 Å². The summed E-state index contributed by atoms with van der Waals surface area (Å²) in [6.07, 6.45) is -1.14. The van der Waals surface area contributed by atoms with Gasteiger partial charge in [-0.15, -0.1) is 0 Å². The normalized spacial score (nSPS) is 12.2. The van der Waals surface area contributed by atoms with Crippen molar-refractivity contribution in [1.29, 1.82) is 0 Å². The fraction of sp³-hybridized carbons (Fsp3) is 0.143. The van der Waals surface area contributed by atoms with E-state index < -0.39 is 17.7 Å². The Morgan fingerprint density at radius 2 is 1.85 bits per heavy atom. The first-order chi connectivity index (χ1) is 9.47. The smallest absolute Gasteiger partial charge is 0.129 e. The molecule has 0 saturated carbocycles. The maximum Gasteiger partial charge on any atom is 0.129 e. The molecule has 0 amide bonds. The molecular weight excluding hydrogens is 396 g/mol. The van der Waals surface area contributed by atoms with E-state index >= 15 is 0 Å². The van der Waals surface area contributed by atoms with Crippen molar-refractivity contribution in [3.8, 4) is 0 Å². The van der Waals surface area contributed by atoms with Crippen molar-refractivity contribution in [3.63, 3.8) is 0 Å². The van der Waals surface area contributed by atoms with Gasteiger partial charge in [0.25, 0.3) is 0 Å². The number of benzene rings is 2. The van der Waals surface area contributed by atoms with Crippen LogP contribution in [-0.2, 0) is 0 Å². The van der Waals surface area contributed by atoms with Crippen LogP contribution in [0.15, 0.2) is 45.3 Å². The number of halogens is 4. The highest BCUT2D eigenvalue weighted by Gasteiger charge is 2.14. The predicted molar refractivity (Wildman–Crippen MR) is 81.6 cm³/mol. The molecule has 0 heterocycles. The molecule has 2 N–H and O–H groups in total. The van der Waals surface area contributed by atoms with Crippen molar-refractivity contribution in [2.45, 2.75) is 6.10 Å². The quantitative estimate of drug-likeness (QED) is 0.775. The number of nitrogens with one attached hydrogen (secondary N) is 1. The Morgan fingerprint density at radius 1 is 1.10 bits per heavy atom. The summed E-state index contributed by atoms with van der Waals surface area (Å²) >= 11 is 6.70. The first-order valence-electron chi connectivity index (χ1n) is 5.79. The van der Waals surface area contributed by atoms with Crippen LogP contribution in [0.5, 0.6) is 0 Å². The number of aliphatic hydroxyl groups excluding tert-OH is 1. The molecule has 0 saturated heterocycles. The minimum Gasteiger partial charge on any atom is -0.386 e. The lowest BCUT2D eigenvalue weighted by Crippen LogP contribution is -2.14. The lowest BCUT2D eigenvalue weighted by Gasteiger charge is -2.15. The molecule has 0 spiro atoms. The van der Waals surface area contributed by atoms with Gasteiger partial charge in [0, 0.05) is 26.7 Å². The molecule has 0 aliphatic rings. The molecule has 2 aromatic carbocycles. The molecule has 1 unspecified atom stereocenters. The van der Waals surface area contributed by atoms with Gasteiger partial charge in [0.1, 0.15) is 11.6 Å². The van der Waals surface area contributed by atoms with Crippen molar-refractivity contribution >= 4 is 37.5 Å². The van der Waals surface area contributed by atoms with Gasteiger partial charge in [-0.2, -0.15) is 0 Å². The van der Waals surface area contributed by atoms with E-state index in [4.69, 9.17) is 0 Å². The molecule has 2 aromatic rings. The number of aliphatic hydroxyl groups is 1. The number of hydrogen-bond acceptors (Lipinski definition) is 2. The summed E-state index contributed by atoms with van der Waals surface area (Å²) in [5.74, 6) is -1.21. The largest absolute Gasteiger partial charge is 0.386 e. The van der Waals surface area contributed by atoms with Gasteiger partial charge < -0.3 is 10.4 Å². The van der Waals surface area contributed by atoms with Crippen LogP contribution in [0.4, 0.5) is 14.5 Å². The van der Waals surface area contributed by atoms with Crippen molar-refractivity contribution < 1.29 is 13.9 Å². The minimum atomic E-state index is -1.14. The summed E-state index contributed by atoms with van der Waals surface area (Å²) in [4.78, 5) is 0. The van der Waals surface area contributed by atoms with E-state index in [1.807, 2.05) is 18.2 Å². The van der Waals surface area contributed by atoms with Crippen molar-refractivity contribution in [1.82, 2.24) is 0 Å². The third kappa shape index (κ3) is 3.77. The molecule has 2 rings (SSSR count). The lowest BCUT2D eigenvalue weighted by molar-refractivity contribution is 0.186. The third-order valence-electron chi connectivity index (χ3n) is 2.73. The van der Waals surface area contributed by atoms with E-state index in [0.29, 0.717) is 0 Å². The maximum atomic E-state index is 13.5. The van der Waals surface area contributed by atoms with Crippen molar-refractivity contribution in [2.75, 3.05) is 11.9 Å². The minimum absolute atomic E-state index is 0.0649. The molecule has 20 heavy (non-hydrogen) atoms. The van der Waals surface area contributed by atoms with Crippen molar-refractivity contribution in [3.05, 3.63) is 62.5 Å². The zero-order chi connectivity index (χ0) is 14.7. The second-order valence-corrected chi connectivity index (χ2v) is 5.96. The Hall–Kier alpha value is -0.980. The Labute approximate surface area is 132 Å². The highest BCUT2D eigenvalue weighted by Crippen LogP contribution is 2.27. The fourth-order valence-corrected chi connectivity index (χ4v) is 2.47. The van der Waals surface area contributed by atoms with Gasteiger partial charge in [-0.05, 0) is 52.3 Å². The van der Waals surface area contributed by atoms with E-state index in [2.05, 4.69) is 37.2 Å². The summed E-state index contributed by atoms with van der Waals surface area (Å²) in [5.41, 5.74) is 0.679. The number of anilines is 1. The zero-order valence-electron chi connectivity index (χ0n) is 10.2. The summed E-state index contributed by atoms with van der Waals surface area (Å²) in [6, 6.07) is 8.53. The van der Waals surface area contributed by atoms with Crippen LogP contribution in [0.1, 0.15) is 11.7 Å². The zero-order valence-corrected chi connectivity index (χ0v) is 13.4. The summed E-state index contributed by atoms with van der Waals surface area (Å²) < 4.78 is 28.3. The average molecular weight is 407 g/mol. The molecule has 0 aliphatic heterocycles. The molecule has 6 heteroatoms. The van der Waals surface area contributed by atoms with E-state index in [-0.39, 0.29) is 12.1 Å². The Kier molecular flexibility index (Phi) is 5.12. The van der Waals surface area contributed by atoms with Crippen LogP contribution in [0.2, 0.25) is 0 Å². The van der Waals surface area contributed by atoms with E-state index in [0.717, 1.165) is 32.8 Å². The first kappa shape index (κ1) is 15.4. The molecule has 106 valence electrons. The van der Waals surface area contributed by atoms with E-state index in [1.165, 1.54) is 0 Å². The molecule has 2 nitrogen and oxygen atoms in total. The third-order valence-corrected chi connectivity index (χ3v) is 3.92. The van der Waals surface area contributed by atoms with Crippen molar-refractivity contribution in [2.24, 2.45) is 0 Å². The summed E-state index contributed by atoms with van der Waals surface area (Å²) in [6.45, 7) is 0.0649. The molecule has 0 fully saturated rings. The monoisotopic (exact) mass is 405 g/mol. The van der Waals surface area contributed by atoms with Crippen LogP contribution in [0.3, 0.4) is 0 Å². The van der Waals surface area contributed by atoms with Crippen LogP contribution in [0.25, 0.3) is 0 Å². The summed E-state index contributed by atoms with van der Waals surface area (Å²) in [5, 5.41) is 12.9. The van der Waals surface area contributed by atoms with Gasteiger partial charge in [0.2, 0.25) is 0 Å². The standard InChI is InChI=1S/C14H11Br2F2NO/c15-8-1-3-11(16)13(5-8)19-7-14(20)10-6-9(17)2-4-12(10)18/h1-6,14,19-20H,7H2. The predicted octanol–water partition coefficient (Wildman–Crippen LogP) is 4.64. The second kappa shape index (κ2) is 6.65. The Balaban J connectivity index is 2.10. The fourth-order valence-electron chi connectivity index (χ4n) is 1.72. The van der Waals surface area contributed by atoms with Gasteiger partial charge in [-0.3, -0.25) is 0 Å². The van der Waals surface area contributed by atoms with Crippen LogP contribution in [0, 0.1) is 11.6 Å². The molecule has 1 atom stereocenters. The Morgan fingerprint density at radius 3 is 2.60 bits per heavy atom. The summed E-state index contributed by atoms with van der Waals surface area (Å²) in [7, 11) is 0. The van der Waals surface area contributed by atoms with Gasteiger partial charge in [-0.1, -0.05) is 15.9 Å². The lowest BCUT2D eigenvalue weighted by atomic mass is 10.1. The molecule has 0 aromatic heterocycles. The molecule has 0 aliphatic carbocycles. The van der Waals surface area contributed by atoms with Gasteiger partial charge >= 0.3 is 0 Å². The highest BCUT2D eigenvalue weighted by molar-refractivity contribution is 9.11. The molecule has 0 radical (unpaired) electrons.